The van der Waals surface area contributed by atoms with E-state index in [9.17, 15) is 9.59 Å². The summed E-state index contributed by atoms with van der Waals surface area (Å²) in [6.07, 6.45) is 0.837. The monoisotopic (exact) mass is 233 g/mol. The fourth-order valence-corrected chi connectivity index (χ4v) is 1.72. The van der Waals surface area contributed by atoms with Crippen LogP contribution in [0.3, 0.4) is 0 Å². The van der Waals surface area contributed by atoms with Crippen molar-refractivity contribution in [3.05, 3.63) is 0 Å². The van der Waals surface area contributed by atoms with Crippen LogP contribution in [0, 0.1) is 5.41 Å². The number of aliphatic hydroxyl groups is 2. The lowest BCUT2D eigenvalue weighted by atomic mass is 9.77. The molecule has 0 radical (unpaired) electrons. The minimum Gasteiger partial charge on any atom is -0.481 e. The molecule has 0 saturated carbocycles. The summed E-state index contributed by atoms with van der Waals surface area (Å²) < 4.78 is 0. The number of hydrogen-bond acceptors (Lipinski definition) is 4. The average Bonchev–Trinajstić information content (AvgIpc) is 2.17. The summed E-state index contributed by atoms with van der Waals surface area (Å²) in [6, 6.07) is 0. The number of aliphatic hydroxyl groups excluding tert-OH is 2. The van der Waals surface area contributed by atoms with Crippen LogP contribution in [-0.2, 0) is 9.59 Å². The molecule has 6 nitrogen and oxygen atoms in total. The normalized spacial score (nSPS) is 11.4. The first-order valence-electron chi connectivity index (χ1n) is 5.22. The van der Waals surface area contributed by atoms with Gasteiger partial charge in [-0.15, -0.1) is 0 Å². The van der Waals surface area contributed by atoms with E-state index < -0.39 is 17.3 Å². The van der Waals surface area contributed by atoms with Crippen LogP contribution in [-0.4, -0.2) is 40.4 Å². The minimum atomic E-state index is -1.15. The molecule has 0 heterocycles. The molecule has 94 valence electrons. The first-order chi connectivity index (χ1) is 7.48. The van der Waals surface area contributed by atoms with Gasteiger partial charge in [0.15, 0.2) is 0 Å². The summed E-state index contributed by atoms with van der Waals surface area (Å²) in [5.41, 5.74) is 3.81. The molecule has 0 atom stereocenters. The van der Waals surface area contributed by atoms with Gasteiger partial charge >= 0.3 is 5.97 Å². The maximum absolute atomic E-state index is 11.1. The fraction of sp³-hybridized carbons (Fsp3) is 0.800. The van der Waals surface area contributed by atoms with Crippen LogP contribution in [0.1, 0.15) is 32.1 Å². The van der Waals surface area contributed by atoms with Gasteiger partial charge in [-0.1, -0.05) is 0 Å². The molecular formula is C10H19NO5. The Morgan fingerprint density at radius 2 is 1.56 bits per heavy atom. The maximum atomic E-state index is 11.1. The summed E-state index contributed by atoms with van der Waals surface area (Å²) in [6.45, 7) is -0.522. The zero-order valence-electron chi connectivity index (χ0n) is 9.19. The Bertz CT molecular complexity index is 235. The van der Waals surface area contributed by atoms with Crippen molar-refractivity contribution in [1.82, 2.24) is 0 Å². The third-order valence-electron chi connectivity index (χ3n) is 2.71. The van der Waals surface area contributed by atoms with E-state index in [1.807, 2.05) is 0 Å². The molecule has 0 spiro atoms. The van der Waals surface area contributed by atoms with Gasteiger partial charge in [-0.3, -0.25) is 9.59 Å². The zero-order valence-corrected chi connectivity index (χ0v) is 9.19. The van der Waals surface area contributed by atoms with Crippen molar-refractivity contribution in [1.29, 1.82) is 0 Å². The number of carboxylic acids is 1. The van der Waals surface area contributed by atoms with Crippen molar-refractivity contribution in [2.45, 2.75) is 32.1 Å². The van der Waals surface area contributed by atoms with Crippen LogP contribution in [0.5, 0.6) is 0 Å². The SMILES string of the molecule is NC(=O)CCCC(CCO)(CCO)C(=O)O. The highest BCUT2D eigenvalue weighted by atomic mass is 16.4. The molecule has 0 fully saturated rings. The molecule has 5 N–H and O–H groups in total. The predicted molar refractivity (Wildman–Crippen MR) is 56.5 cm³/mol. The summed E-state index contributed by atoms with van der Waals surface area (Å²) in [4.78, 5) is 21.7. The highest BCUT2D eigenvalue weighted by Gasteiger charge is 2.36. The maximum Gasteiger partial charge on any atom is 0.309 e. The Kier molecular flexibility index (Phi) is 6.67. The standard InChI is InChI=1S/C10H19NO5/c11-8(14)2-1-3-10(4-6-12,5-7-13)9(15)16/h12-13H,1-7H2,(H2,11,14)(H,15,16). The summed E-state index contributed by atoms with van der Waals surface area (Å²) in [5.74, 6) is -1.53. The molecule has 0 rings (SSSR count). The fourth-order valence-electron chi connectivity index (χ4n) is 1.72. The van der Waals surface area contributed by atoms with Crippen LogP contribution in [0.25, 0.3) is 0 Å². The Hall–Kier alpha value is -1.14. The number of carboxylic acid groups (broad SMARTS) is 1. The zero-order chi connectivity index (χ0) is 12.6. The van der Waals surface area contributed by atoms with Gasteiger partial charge in [0.2, 0.25) is 5.91 Å². The number of carbonyl (C=O) groups is 2. The van der Waals surface area contributed by atoms with E-state index in [1.165, 1.54) is 0 Å². The third kappa shape index (κ3) is 4.59. The van der Waals surface area contributed by atoms with E-state index >= 15 is 0 Å². The van der Waals surface area contributed by atoms with Gasteiger partial charge < -0.3 is 21.1 Å². The van der Waals surface area contributed by atoms with Gasteiger partial charge in [0.05, 0.1) is 5.41 Å². The van der Waals surface area contributed by atoms with Gasteiger partial charge in [-0.2, -0.15) is 0 Å². The Labute approximate surface area is 94.1 Å². The lowest BCUT2D eigenvalue weighted by Gasteiger charge is -2.27. The van der Waals surface area contributed by atoms with Gasteiger partial charge in [0, 0.05) is 19.6 Å². The van der Waals surface area contributed by atoms with Gasteiger partial charge in [-0.25, -0.2) is 0 Å². The van der Waals surface area contributed by atoms with E-state index in [2.05, 4.69) is 0 Å². The van der Waals surface area contributed by atoms with E-state index in [0.29, 0.717) is 6.42 Å². The molecule has 0 bridgehead atoms. The first-order valence-corrected chi connectivity index (χ1v) is 5.22. The first kappa shape index (κ1) is 14.9. The predicted octanol–water partition coefficient (Wildman–Crippen LogP) is -0.522. The number of nitrogens with two attached hydrogens (primary N) is 1. The van der Waals surface area contributed by atoms with Crippen LogP contribution >= 0.6 is 0 Å². The highest BCUT2D eigenvalue weighted by Crippen LogP contribution is 2.32. The number of primary amides is 1. The largest absolute Gasteiger partial charge is 0.481 e. The minimum absolute atomic E-state index is 0.0711. The molecule has 0 saturated heterocycles. The van der Waals surface area contributed by atoms with E-state index in [-0.39, 0.29) is 38.9 Å². The Morgan fingerprint density at radius 1 is 1.06 bits per heavy atom. The third-order valence-corrected chi connectivity index (χ3v) is 2.71. The van der Waals surface area contributed by atoms with E-state index in [4.69, 9.17) is 21.1 Å². The molecule has 16 heavy (non-hydrogen) atoms. The summed E-state index contributed by atoms with van der Waals surface area (Å²) >= 11 is 0. The van der Waals surface area contributed by atoms with Gasteiger partial charge in [0.1, 0.15) is 0 Å². The smallest absolute Gasteiger partial charge is 0.309 e. The second kappa shape index (κ2) is 7.19. The summed E-state index contributed by atoms with van der Waals surface area (Å²) in [7, 11) is 0. The molecule has 0 unspecified atom stereocenters. The van der Waals surface area contributed by atoms with Crippen LogP contribution in [0.4, 0.5) is 0 Å². The number of rotatable bonds is 9. The molecule has 0 aliphatic heterocycles. The van der Waals surface area contributed by atoms with Crippen LogP contribution < -0.4 is 5.73 Å². The van der Waals surface area contributed by atoms with Gasteiger partial charge in [0.25, 0.3) is 0 Å². The molecule has 6 heteroatoms. The van der Waals surface area contributed by atoms with Crippen molar-refractivity contribution in [3.63, 3.8) is 0 Å². The number of aliphatic carboxylic acids is 1. The highest BCUT2D eigenvalue weighted by molar-refractivity contribution is 5.75. The molecule has 0 aromatic heterocycles. The average molecular weight is 233 g/mol. The number of carbonyl (C=O) groups excluding carboxylic acids is 1. The second-order valence-corrected chi connectivity index (χ2v) is 3.85. The van der Waals surface area contributed by atoms with Gasteiger partial charge in [-0.05, 0) is 25.7 Å². The van der Waals surface area contributed by atoms with Crippen molar-refractivity contribution in [3.8, 4) is 0 Å². The quantitative estimate of drug-likeness (QED) is 0.427. The van der Waals surface area contributed by atoms with Crippen molar-refractivity contribution >= 4 is 11.9 Å². The Balaban J connectivity index is 4.48. The van der Waals surface area contributed by atoms with Crippen molar-refractivity contribution in [2.75, 3.05) is 13.2 Å². The molecule has 0 aromatic rings. The molecule has 0 aliphatic rings. The molecule has 0 aliphatic carbocycles. The van der Waals surface area contributed by atoms with Crippen molar-refractivity contribution < 1.29 is 24.9 Å². The topological polar surface area (TPSA) is 121 Å². The van der Waals surface area contributed by atoms with Crippen molar-refractivity contribution in [2.24, 2.45) is 11.1 Å². The number of hydrogen-bond donors (Lipinski definition) is 4. The van der Waals surface area contributed by atoms with E-state index in [1.54, 1.807) is 0 Å². The number of amides is 1. The lowest BCUT2D eigenvalue weighted by molar-refractivity contribution is -0.152. The summed E-state index contributed by atoms with van der Waals surface area (Å²) in [5, 5.41) is 26.8. The van der Waals surface area contributed by atoms with Crippen LogP contribution in [0.15, 0.2) is 0 Å². The molecule has 1 amide bonds. The Morgan fingerprint density at radius 3 is 1.88 bits per heavy atom. The molecule has 0 aromatic carbocycles. The lowest BCUT2D eigenvalue weighted by Crippen LogP contribution is -2.33. The molecular weight excluding hydrogens is 214 g/mol. The van der Waals surface area contributed by atoms with Crippen LogP contribution in [0.2, 0.25) is 0 Å². The second-order valence-electron chi connectivity index (χ2n) is 3.85. The van der Waals surface area contributed by atoms with E-state index in [0.717, 1.165) is 0 Å².